The topological polar surface area (TPSA) is 74.6 Å². The van der Waals surface area contributed by atoms with Crippen LogP contribution in [0.15, 0.2) is 24.3 Å². The van der Waals surface area contributed by atoms with Crippen LogP contribution >= 0.6 is 34.3 Å². The molecule has 0 fully saturated rings. The molecule has 0 saturated carbocycles. The molecule has 0 aliphatic carbocycles. The third-order valence-electron chi connectivity index (χ3n) is 1.74. The van der Waals surface area contributed by atoms with Gasteiger partial charge in [0.25, 0.3) is 0 Å². The maximum Gasteiger partial charge on any atom is 0.345 e. The smallest absolute Gasteiger partial charge is 0.345 e. The van der Waals surface area contributed by atoms with Crippen molar-refractivity contribution in [3.8, 4) is 0 Å². The Morgan fingerprint density at radius 3 is 1.72 bits per heavy atom. The van der Waals surface area contributed by atoms with Crippen molar-refractivity contribution in [1.29, 1.82) is 0 Å². The quantitative estimate of drug-likeness (QED) is 0.883. The second-order valence-electron chi connectivity index (χ2n) is 3.12. The molecule has 0 atom stereocenters. The third kappa shape index (κ3) is 4.48. The number of carboxylic acids is 2. The molecule has 18 heavy (non-hydrogen) atoms. The Bertz CT molecular complexity index is 509. The summed E-state index contributed by atoms with van der Waals surface area (Å²) in [5.41, 5.74) is 0. The summed E-state index contributed by atoms with van der Waals surface area (Å²) >= 11 is 7.82. The number of carbonyl (C=O) groups is 2. The van der Waals surface area contributed by atoms with Crippen LogP contribution in [0.1, 0.15) is 24.2 Å². The maximum atomic E-state index is 10.2. The highest BCUT2D eigenvalue weighted by Gasteiger charge is 2.04. The fourth-order valence-electron chi connectivity index (χ4n) is 0.979. The molecule has 0 aliphatic heterocycles. The second kappa shape index (κ2) is 6.53. The Kier molecular flexibility index (Phi) is 5.33. The predicted molar refractivity (Wildman–Crippen MR) is 72.3 cm³/mol. The van der Waals surface area contributed by atoms with Crippen molar-refractivity contribution in [2.75, 3.05) is 0 Å². The Morgan fingerprint density at radius 1 is 1.00 bits per heavy atom. The summed E-state index contributed by atoms with van der Waals surface area (Å²) in [5, 5.41) is 16.8. The highest BCUT2D eigenvalue weighted by atomic mass is 35.5. The molecule has 0 amide bonds. The molecule has 2 aromatic heterocycles. The molecule has 2 N–H and O–H groups in total. The SMILES string of the molecule is Cc1ccc(C(=O)O)s1.O=C(O)c1ccc(Cl)s1. The van der Waals surface area contributed by atoms with E-state index in [1.165, 1.54) is 17.4 Å². The normalized spacial score (nSPS) is 9.44. The lowest BCUT2D eigenvalue weighted by Crippen LogP contribution is -1.89. The first-order valence-corrected chi connectivity index (χ1v) is 6.69. The van der Waals surface area contributed by atoms with E-state index in [1.807, 2.05) is 6.92 Å². The van der Waals surface area contributed by atoms with E-state index in [1.54, 1.807) is 18.2 Å². The number of thiophene rings is 2. The van der Waals surface area contributed by atoms with Crippen molar-refractivity contribution in [2.45, 2.75) is 6.92 Å². The van der Waals surface area contributed by atoms with Gasteiger partial charge in [0.05, 0.1) is 4.34 Å². The first-order chi connectivity index (χ1) is 8.40. The lowest BCUT2D eigenvalue weighted by molar-refractivity contribution is 0.0691. The minimum atomic E-state index is -0.924. The van der Waals surface area contributed by atoms with Crippen LogP contribution in [0.4, 0.5) is 0 Å². The maximum absolute atomic E-state index is 10.2. The number of aromatic carboxylic acids is 2. The minimum absolute atomic E-state index is 0.278. The highest BCUT2D eigenvalue weighted by Crippen LogP contribution is 2.20. The van der Waals surface area contributed by atoms with Crippen molar-refractivity contribution in [3.63, 3.8) is 0 Å². The summed E-state index contributed by atoms with van der Waals surface area (Å²) in [4.78, 5) is 22.1. The number of aryl methyl sites for hydroxylation is 1. The van der Waals surface area contributed by atoms with Crippen LogP contribution in [0.2, 0.25) is 4.34 Å². The number of halogens is 1. The summed E-state index contributed by atoms with van der Waals surface area (Å²) in [6.45, 7) is 1.89. The van der Waals surface area contributed by atoms with E-state index >= 15 is 0 Å². The third-order valence-corrected chi connectivity index (χ3v) is 3.94. The van der Waals surface area contributed by atoms with Gasteiger partial charge in [-0.05, 0) is 31.2 Å². The van der Waals surface area contributed by atoms with Crippen molar-refractivity contribution in [1.82, 2.24) is 0 Å². The van der Waals surface area contributed by atoms with Crippen LogP contribution in [0, 0.1) is 6.92 Å². The molecule has 0 spiro atoms. The van der Waals surface area contributed by atoms with Gasteiger partial charge in [-0.3, -0.25) is 0 Å². The van der Waals surface area contributed by atoms with Gasteiger partial charge in [-0.25, -0.2) is 9.59 Å². The predicted octanol–water partition coefficient (Wildman–Crippen LogP) is 3.85. The van der Waals surface area contributed by atoms with Gasteiger partial charge in [-0.2, -0.15) is 0 Å². The number of hydrogen-bond donors (Lipinski definition) is 2. The van der Waals surface area contributed by atoms with Gasteiger partial charge in [0, 0.05) is 4.88 Å². The van der Waals surface area contributed by atoms with E-state index < -0.39 is 11.9 Å². The lowest BCUT2D eigenvalue weighted by atomic mass is 10.4. The van der Waals surface area contributed by atoms with E-state index in [2.05, 4.69) is 0 Å². The first kappa shape index (κ1) is 14.7. The molecular weight excluding hydrogens is 296 g/mol. The van der Waals surface area contributed by atoms with Crippen molar-refractivity contribution < 1.29 is 19.8 Å². The zero-order chi connectivity index (χ0) is 13.7. The summed E-state index contributed by atoms with van der Waals surface area (Å²) < 4.78 is 0.507. The minimum Gasteiger partial charge on any atom is -0.477 e. The monoisotopic (exact) mass is 304 g/mol. The number of rotatable bonds is 2. The van der Waals surface area contributed by atoms with E-state index in [0.29, 0.717) is 9.21 Å². The van der Waals surface area contributed by atoms with Crippen LogP contribution in [0.25, 0.3) is 0 Å². The van der Waals surface area contributed by atoms with Gasteiger partial charge in [0.15, 0.2) is 0 Å². The highest BCUT2D eigenvalue weighted by molar-refractivity contribution is 7.17. The molecule has 96 valence electrons. The van der Waals surface area contributed by atoms with E-state index in [4.69, 9.17) is 21.8 Å². The van der Waals surface area contributed by atoms with Gasteiger partial charge < -0.3 is 10.2 Å². The fraction of sp³-hybridized carbons (Fsp3) is 0.0909. The molecule has 4 nitrogen and oxygen atoms in total. The van der Waals surface area contributed by atoms with E-state index in [9.17, 15) is 9.59 Å². The molecule has 2 rings (SSSR count). The van der Waals surface area contributed by atoms with Crippen molar-refractivity contribution in [3.05, 3.63) is 43.2 Å². The second-order valence-corrected chi connectivity index (χ2v) is 6.13. The Labute approximate surface area is 116 Å². The van der Waals surface area contributed by atoms with Crippen LogP contribution in [0.5, 0.6) is 0 Å². The molecule has 0 saturated heterocycles. The molecule has 7 heteroatoms. The van der Waals surface area contributed by atoms with Gasteiger partial charge in [0.1, 0.15) is 9.75 Å². The average Bonchev–Trinajstić information content (AvgIpc) is 2.88. The molecule has 0 radical (unpaired) electrons. The molecule has 0 aliphatic rings. The van der Waals surface area contributed by atoms with Gasteiger partial charge in [-0.15, -0.1) is 22.7 Å². The summed E-state index contributed by atoms with van der Waals surface area (Å²) in [6.07, 6.45) is 0. The zero-order valence-corrected chi connectivity index (χ0v) is 11.6. The first-order valence-electron chi connectivity index (χ1n) is 4.68. The zero-order valence-electron chi connectivity index (χ0n) is 9.21. The summed E-state index contributed by atoms with van der Waals surface area (Å²) in [7, 11) is 0. The summed E-state index contributed by atoms with van der Waals surface area (Å²) in [5.74, 6) is -1.76. The van der Waals surface area contributed by atoms with Crippen molar-refractivity contribution in [2.24, 2.45) is 0 Å². The van der Waals surface area contributed by atoms with Crippen LogP contribution in [-0.2, 0) is 0 Å². The van der Waals surface area contributed by atoms with Gasteiger partial charge >= 0.3 is 11.9 Å². The standard InChI is InChI=1S/C6H6O2S.C5H3ClO2S/c1-4-2-3-5(9-4)6(7)8;6-4-2-1-3(9-4)5(7)8/h2-3H,1H3,(H,7,8);1-2H,(H,7,8). The fourth-order valence-corrected chi connectivity index (χ4v) is 2.57. The van der Waals surface area contributed by atoms with Gasteiger partial charge in [-0.1, -0.05) is 11.6 Å². The van der Waals surface area contributed by atoms with Crippen LogP contribution in [0.3, 0.4) is 0 Å². The lowest BCUT2D eigenvalue weighted by Gasteiger charge is -1.80. The van der Waals surface area contributed by atoms with Crippen molar-refractivity contribution >= 4 is 46.2 Å². The Morgan fingerprint density at radius 2 is 1.50 bits per heavy atom. The molecule has 2 heterocycles. The summed E-state index contributed by atoms with van der Waals surface area (Å²) in [6, 6.07) is 6.46. The van der Waals surface area contributed by atoms with Gasteiger partial charge in [0.2, 0.25) is 0 Å². The average molecular weight is 305 g/mol. The molecule has 0 bridgehead atoms. The molecule has 0 aromatic carbocycles. The van der Waals surface area contributed by atoms with E-state index in [0.717, 1.165) is 16.2 Å². The molecule has 2 aromatic rings. The Hall–Kier alpha value is -1.37. The molecule has 0 unspecified atom stereocenters. The largest absolute Gasteiger partial charge is 0.477 e. The van der Waals surface area contributed by atoms with E-state index in [-0.39, 0.29) is 4.88 Å². The molecular formula is C11H9ClO4S2. The number of hydrogen-bond acceptors (Lipinski definition) is 4. The number of carboxylic acid groups (broad SMARTS) is 2. The van der Waals surface area contributed by atoms with Crippen LogP contribution in [-0.4, -0.2) is 22.2 Å². The van der Waals surface area contributed by atoms with Crippen LogP contribution < -0.4 is 0 Å². The Balaban J connectivity index is 0.000000180.